The molecule has 0 spiro atoms. The van der Waals surface area contributed by atoms with E-state index in [1.165, 1.54) is 32.1 Å². The van der Waals surface area contributed by atoms with Crippen LogP contribution in [0, 0.1) is 5.92 Å². The van der Waals surface area contributed by atoms with Crippen LogP contribution in [0.15, 0.2) is 22.1 Å². The van der Waals surface area contributed by atoms with E-state index in [-0.39, 0.29) is 0 Å². The fourth-order valence-electron chi connectivity index (χ4n) is 1.95. The zero-order valence-electron chi connectivity index (χ0n) is 10.2. The molecule has 2 heteroatoms. The van der Waals surface area contributed by atoms with Gasteiger partial charge in [-0.15, -0.1) is 0 Å². The number of hydrogen-bond donors (Lipinski definition) is 0. The Kier molecular flexibility index (Phi) is 4.73. The van der Waals surface area contributed by atoms with Gasteiger partial charge in [0.15, 0.2) is 0 Å². The number of rotatable bonds is 2. The minimum atomic E-state index is 0.582. The largest absolute Gasteiger partial charge is 0.274 e. The van der Waals surface area contributed by atoms with Gasteiger partial charge in [0.1, 0.15) is 5.84 Å². The summed E-state index contributed by atoms with van der Waals surface area (Å²) in [6.07, 6.45) is 6.52. The molecule has 0 aromatic carbocycles. The first-order valence-corrected chi connectivity index (χ1v) is 5.83. The third-order valence-corrected chi connectivity index (χ3v) is 3.10. The van der Waals surface area contributed by atoms with Gasteiger partial charge in [0.05, 0.1) is 0 Å². The number of aliphatic imine (C=N–C) groups is 2. The molecule has 0 N–H and O–H groups in total. The molecule has 1 aliphatic carbocycles. The predicted octanol–water partition coefficient (Wildman–Crippen LogP) is 3.63. The summed E-state index contributed by atoms with van der Waals surface area (Å²) in [5.74, 6) is 1.60. The second-order valence-corrected chi connectivity index (χ2v) is 4.39. The molecule has 0 amide bonds. The average molecular weight is 206 g/mol. The molecule has 2 nitrogen and oxygen atoms in total. The van der Waals surface area contributed by atoms with Crippen molar-refractivity contribution in [1.82, 2.24) is 0 Å². The Balaban J connectivity index is 2.71. The van der Waals surface area contributed by atoms with Gasteiger partial charge in [-0.05, 0) is 32.3 Å². The fraction of sp³-hybridized carbons (Fsp3) is 0.692. The van der Waals surface area contributed by atoms with Crippen LogP contribution in [-0.2, 0) is 0 Å². The van der Waals surface area contributed by atoms with E-state index in [4.69, 9.17) is 0 Å². The molecule has 84 valence electrons. The van der Waals surface area contributed by atoms with Gasteiger partial charge in [0, 0.05) is 18.7 Å². The van der Waals surface area contributed by atoms with Crippen LogP contribution < -0.4 is 0 Å². The predicted molar refractivity (Wildman–Crippen MR) is 67.9 cm³/mol. The highest BCUT2D eigenvalue weighted by atomic mass is 14.9. The summed E-state index contributed by atoms with van der Waals surface area (Å²) in [7, 11) is 1.85. The van der Waals surface area contributed by atoms with Crippen LogP contribution in [0.2, 0.25) is 0 Å². The standard InChI is InChI=1S/C13H22N2/c1-10(2)11(3)15-13(14-4)12-8-6-5-7-9-12/h12H,1,5-9H2,2-4H3/b14-13-,15-11-. The quantitative estimate of drug-likeness (QED) is 0.487. The molecule has 0 aromatic rings. The lowest BCUT2D eigenvalue weighted by atomic mass is 9.88. The Bertz CT molecular complexity index is 281. The summed E-state index contributed by atoms with van der Waals surface area (Å²) in [6.45, 7) is 7.91. The molecular formula is C13H22N2. The third-order valence-electron chi connectivity index (χ3n) is 3.10. The number of hydrogen-bond acceptors (Lipinski definition) is 1. The zero-order valence-corrected chi connectivity index (χ0v) is 10.2. The Labute approximate surface area is 93.2 Å². The Morgan fingerprint density at radius 1 is 1.13 bits per heavy atom. The Morgan fingerprint density at radius 2 is 1.73 bits per heavy atom. The molecule has 1 fully saturated rings. The van der Waals surface area contributed by atoms with E-state index in [0.717, 1.165) is 17.1 Å². The van der Waals surface area contributed by atoms with Crippen molar-refractivity contribution in [1.29, 1.82) is 0 Å². The highest BCUT2D eigenvalue weighted by Crippen LogP contribution is 2.25. The first kappa shape index (κ1) is 12.2. The summed E-state index contributed by atoms with van der Waals surface area (Å²) in [5, 5.41) is 0. The van der Waals surface area contributed by atoms with E-state index in [9.17, 15) is 0 Å². The minimum Gasteiger partial charge on any atom is -0.274 e. The maximum atomic E-state index is 4.59. The van der Waals surface area contributed by atoms with E-state index in [2.05, 4.69) is 16.6 Å². The second kappa shape index (κ2) is 5.84. The van der Waals surface area contributed by atoms with Gasteiger partial charge in [-0.2, -0.15) is 0 Å². The zero-order chi connectivity index (χ0) is 11.3. The van der Waals surface area contributed by atoms with E-state index < -0.39 is 0 Å². The van der Waals surface area contributed by atoms with Gasteiger partial charge in [0.25, 0.3) is 0 Å². The molecule has 0 aromatic heterocycles. The van der Waals surface area contributed by atoms with Crippen molar-refractivity contribution in [3.05, 3.63) is 12.2 Å². The number of allylic oxidation sites excluding steroid dienone is 1. The maximum absolute atomic E-state index is 4.59. The molecule has 1 rings (SSSR count). The number of nitrogens with zero attached hydrogens (tertiary/aromatic N) is 2. The van der Waals surface area contributed by atoms with Crippen LogP contribution in [0.25, 0.3) is 0 Å². The van der Waals surface area contributed by atoms with E-state index >= 15 is 0 Å². The summed E-state index contributed by atoms with van der Waals surface area (Å²) in [6, 6.07) is 0. The molecule has 0 bridgehead atoms. The minimum absolute atomic E-state index is 0.582. The molecule has 0 aliphatic heterocycles. The van der Waals surface area contributed by atoms with Crippen molar-refractivity contribution < 1.29 is 0 Å². The van der Waals surface area contributed by atoms with Crippen LogP contribution in [-0.4, -0.2) is 18.6 Å². The molecule has 0 atom stereocenters. The molecular weight excluding hydrogens is 184 g/mol. The lowest BCUT2D eigenvalue weighted by Crippen LogP contribution is -2.17. The molecule has 1 aliphatic rings. The van der Waals surface area contributed by atoms with Crippen molar-refractivity contribution in [2.45, 2.75) is 46.0 Å². The van der Waals surface area contributed by atoms with Crippen molar-refractivity contribution >= 4 is 11.5 Å². The van der Waals surface area contributed by atoms with Crippen LogP contribution in [0.4, 0.5) is 0 Å². The first-order chi connectivity index (χ1) is 7.15. The maximum Gasteiger partial charge on any atom is 0.126 e. The SMILES string of the molecule is C=C(C)/C(C)=N\C(=N/C)C1CCCCC1. The van der Waals surface area contributed by atoms with Gasteiger partial charge in [-0.3, -0.25) is 4.99 Å². The summed E-state index contributed by atoms with van der Waals surface area (Å²) >= 11 is 0. The monoisotopic (exact) mass is 206 g/mol. The molecule has 0 heterocycles. The molecule has 0 radical (unpaired) electrons. The first-order valence-electron chi connectivity index (χ1n) is 5.83. The van der Waals surface area contributed by atoms with Gasteiger partial charge in [0.2, 0.25) is 0 Å². The van der Waals surface area contributed by atoms with E-state index in [1.807, 2.05) is 20.9 Å². The van der Waals surface area contributed by atoms with Crippen LogP contribution in [0.1, 0.15) is 46.0 Å². The highest BCUT2D eigenvalue weighted by Gasteiger charge is 2.18. The summed E-state index contributed by atoms with van der Waals surface area (Å²) in [5.41, 5.74) is 2.05. The van der Waals surface area contributed by atoms with Gasteiger partial charge < -0.3 is 0 Å². The smallest absolute Gasteiger partial charge is 0.126 e. The topological polar surface area (TPSA) is 24.7 Å². The van der Waals surface area contributed by atoms with Crippen LogP contribution in [0.5, 0.6) is 0 Å². The van der Waals surface area contributed by atoms with E-state index in [1.54, 1.807) is 0 Å². The highest BCUT2D eigenvalue weighted by molar-refractivity contribution is 6.05. The molecule has 0 unspecified atom stereocenters. The summed E-state index contributed by atoms with van der Waals surface area (Å²) < 4.78 is 0. The van der Waals surface area contributed by atoms with Gasteiger partial charge in [-0.1, -0.05) is 25.8 Å². The lowest BCUT2D eigenvalue weighted by Gasteiger charge is -2.21. The van der Waals surface area contributed by atoms with Gasteiger partial charge in [-0.25, -0.2) is 4.99 Å². The van der Waals surface area contributed by atoms with Crippen molar-refractivity contribution in [2.24, 2.45) is 15.9 Å². The van der Waals surface area contributed by atoms with Crippen LogP contribution >= 0.6 is 0 Å². The summed E-state index contributed by atoms with van der Waals surface area (Å²) in [4.78, 5) is 8.91. The van der Waals surface area contributed by atoms with Crippen molar-refractivity contribution in [3.63, 3.8) is 0 Å². The van der Waals surface area contributed by atoms with Gasteiger partial charge >= 0.3 is 0 Å². The Hall–Kier alpha value is -0.920. The lowest BCUT2D eigenvalue weighted by molar-refractivity contribution is 0.437. The molecule has 0 saturated heterocycles. The average Bonchev–Trinajstić information content (AvgIpc) is 2.26. The molecule has 1 saturated carbocycles. The van der Waals surface area contributed by atoms with Crippen LogP contribution in [0.3, 0.4) is 0 Å². The van der Waals surface area contributed by atoms with Crippen molar-refractivity contribution in [3.8, 4) is 0 Å². The third kappa shape index (κ3) is 3.61. The molecule has 15 heavy (non-hydrogen) atoms. The number of amidine groups is 1. The Morgan fingerprint density at radius 3 is 2.20 bits per heavy atom. The van der Waals surface area contributed by atoms with Crippen molar-refractivity contribution in [2.75, 3.05) is 7.05 Å². The second-order valence-electron chi connectivity index (χ2n) is 4.39. The van der Waals surface area contributed by atoms with E-state index in [0.29, 0.717) is 5.92 Å². The normalized spacial score (nSPS) is 20.5. The fourth-order valence-corrected chi connectivity index (χ4v) is 1.95.